The lowest BCUT2D eigenvalue weighted by Gasteiger charge is -2.30. The van der Waals surface area contributed by atoms with Gasteiger partial charge in [-0.05, 0) is 159 Å². The van der Waals surface area contributed by atoms with E-state index in [1.165, 1.54) is 94.4 Å². The molecule has 0 amide bonds. The van der Waals surface area contributed by atoms with Gasteiger partial charge in [-0.25, -0.2) is 19.9 Å². The first-order valence-corrected chi connectivity index (χ1v) is 34.8. The zero-order valence-electron chi connectivity index (χ0n) is 55.3. The Morgan fingerprint density at radius 1 is 0.186 bits per heavy atom. The molecule has 0 aliphatic heterocycles. The van der Waals surface area contributed by atoms with E-state index in [1.807, 2.05) is 36.8 Å². The number of benzene rings is 13. The largest absolute Gasteiger partial charge is 0.264 e. The molecule has 4 aliphatic carbocycles. The molecule has 0 radical (unpaired) electrons. The summed E-state index contributed by atoms with van der Waals surface area (Å²) in [4.78, 5) is 30.0. The molecule has 0 fully saturated rings. The predicted molar refractivity (Wildman–Crippen MR) is 413 cm³/mol. The molecule has 4 heterocycles. The Morgan fingerprint density at radius 3 is 0.951 bits per heavy atom. The molecule has 0 unspecified atom stereocenters. The molecule has 0 saturated carbocycles. The maximum atomic E-state index is 5.39. The van der Waals surface area contributed by atoms with E-state index in [0.29, 0.717) is 11.6 Å². The number of aromatic nitrogens is 6. The quantitative estimate of drug-likeness (QED) is 0.151. The highest BCUT2D eigenvalue weighted by atomic mass is 14.9. The van der Waals surface area contributed by atoms with Crippen LogP contribution >= 0.6 is 0 Å². The van der Waals surface area contributed by atoms with Crippen LogP contribution in [-0.4, -0.2) is 29.9 Å². The Balaban J connectivity index is 0.000000137. The molecule has 2 spiro atoms. The summed E-state index contributed by atoms with van der Waals surface area (Å²) in [7, 11) is 0. The van der Waals surface area contributed by atoms with Crippen molar-refractivity contribution in [1.29, 1.82) is 0 Å². The van der Waals surface area contributed by atoms with Gasteiger partial charge in [0.2, 0.25) is 0 Å². The average molecular weight is 1300 g/mol. The van der Waals surface area contributed by atoms with Crippen LogP contribution in [0.15, 0.2) is 365 Å². The van der Waals surface area contributed by atoms with Gasteiger partial charge < -0.3 is 0 Å². The van der Waals surface area contributed by atoms with Gasteiger partial charge in [0.1, 0.15) is 0 Å². The number of hydrogen-bond donors (Lipinski definition) is 0. The number of pyridine rings is 2. The number of nitrogens with zero attached hydrogens (tertiary/aromatic N) is 6. The predicted octanol–water partition coefficient (Wildman–Crippen LogP) is 22.9. The van der Waals surface area contributed by atoms with Gasteiger partial charge in [-0.2, -0.15) is 0 Å². The highest BCUT2D eigenvalue weighted by Gasteiger charge is 2.53. The maximum absolute atomic E-state index is 5.39. The van der Waals surface area contributed by atoms with E-state index in [4.69, 9.17) is 19.9 Å². The SMILES string of the molecule is c1ccc(-c2cc(-c3cccc(-c4cccnc4)c3)nc(-c3ccc4c(c3)C3(c5ccccc5-c5ccccc53)c3ccccc3-4)n2)cc1.c1cncc(-c2cccc(-c3cc(-c4cccc5ccccc45)nc(-c4ccc5c(c4)C4(c6ccccc6-c6ccccc64)c4ccccc4-5)n3)c2)c1. The highest BCUT2D eigenvalue weighted by Crippen LogP contribution is 2.65. The lowest BCUT2D eigenvalue weighted by Crippen LogP contribution is -2.25. The van der Waals surface area contributed by atoms with Gasteiger partial charge in [-0.3, -0.25) is 9.97 Å². The van der Waals surface area contributed by atoms with Crippen molar-refractivity contribution in [3.63, 3.8) is 0 Å². The van der Waals surface area contributed by atoms with Gasteiger partial charge in [-0.1, -0.05) is 291 Å². The van der Waals surface area contributed by atoms with E-state index >= 15 is 0 Å². The molecule has 0 bridgehead atoms. The van der Waals surface area contributed by atoms with Crippen molar-refractivity contribution in [3.05, 3.63) is 409 Å². The molecule has 21 rings (SSSR count). The van der Waals surface area contributed by atoms with Gasteiger partial charge in [0.25, 0.3) is 0 Å². The van der Waals surface area contributed by atoms with Gasteiger partial charge in [-0.15, -0.1) is 0 Å². The Morgan fingerprint density at radius 2 is 0.510 bits per heavy atom. The third kappa shape index (κ3) is 9.13. The zero-order valence-corrected chi connectivity index (χ0v) is 55.3. The summed E-state index contributed by atoms with van der Waals surface area (Å²) in [5.41, 5.74) is 33.9. The first kappa shape index (κ1) is 58.7. The molecule has 474 valence electrons. The molecule has 0 N–H and O–H groups in total. The first-order chi connectivity index (χ1) is 50.6. The van der Waals surface area contributed by atoms with Gasteiger partial charge >= 0.3 is 0 Å². The summed E-state index contributed by atoms with van der Waals surface area (Å²) in [6, 6.07) is 122. The highest BCUT2D eigenvalue weighted by molar-refractivity contribution is 6.00. The second-order valence-corrected chi connectivity index (χ2v) is 26.8. The molecule has 4 aromatic heterocycles. The molecule has 6 nitrogen and oxygen atoms in total. The molecule has 4 aliphatic rings. The second kappa shape index (κ2) is 23.7. The Hall–Kier alpha value is -13.4. The van der Waals surface area contributed by atoms with Crippen molar-refractivity contribution in [3.8, 4) is 135 Å². The summed E-state index contributed by atoms with van der Waals surface area (Å²) >= 11 is 0. The van der Waals surface area contributed by atoms with Crippen LogP contribution in [0.3, 0.4) is 0 Å². The van der Waals surface area contributed by atoms with Crippen LogP contribution in [0, 0.1) is 0 Å². The number of hydrogen-bond acceptors (Lipinski definition) is 6. The topological polar surface area (TPSA) is 77.3 Å². The van der Waals surface area contributed by atoms with Crippen LogP contribution in [0.1, 0.15) is 44.5 Å². The van der Waals surface area contributed by atoms with Crippen molar-refractivity contribution >= 4 is 10.8 Å². The molecular weight excluding hydrogens is 1240 g/mol. The molecule has 0 atom stereocenters. The third-order valence-electron chi connectivity index (χ3n) is 21.4. The van der Waals surface area contributed by atoms with E-state index in [1.54, 1.807) is 6.20 Å². The molecule has 17 aromatic rings. The molecule has 13 aromatic carbocycles. The van der Waals surface area contributed by atoms with E-state index in [2.05, 4.69) is 331 Å². The van der Waals surface area contributed by atoms with Crippen LogP contribution in [0.2, 0.25) is 0 Å². The van der Waals surface area contributed by atoms with Crippen LogP contribution in [0.25, 0.3) is 145 Å². The first-order valence-electron chi connectivity index (χ1n) is 34.8. The van der Waals surface area contributed by atoms with Crippen LogP contribution in [0.4, 0.5) is 0 Å². The monoisotopic (exact) mass is 1300 g/mol. The molecule has 0 saturated heterocycles. The molecule has 102 heavy (non-hydrogen) atoms. The third-order valence-corrected chi connectivity index (χ3v) is 21.4. The number of fused-ring (bicyclic) bond motifs is 21. The average Bonchev–Trinajstić information content (AvgIpc) is 1.52. The Labute approximate surface area is 591 Å². The Kier molecular flexibility index (Phi) is 13.6. The van der Waals surface area contributed by atoms with Crippen LogP contribution < -0.4 is 0 Å². The fraction of sp³-hybridized carbons (Fsp3) is 0.0208. The van der Waals surface area contributed by atoms with Crippen molar-refractivity contribution in [2.75, 3.05) is 0 Å². The summed E-state index contributed by atoms with van der Waals surface area (Å²) in [5, 5.41) is 2.35. The minimum atomic E-state index is -0.441. The van der Waals surface area contributed by atoms with Gasteiger partial charge in [0.05, 0.1) is 33.6 Å². The van der Waals surface area contributed by atoms with E-state index in [9.17, 15) is 0 Å². The van der Waals surface area contributed by atoms with Crippen molar-refractivity contribution in [2.45, 2.75) is 10.8 Å². The van der Waals surface area contributed by atoms with Crippen LogP contribution in [0.5, 0.6) is 0 Å². The standard InChI is InChI=1S/C50H31N3.C46H29N3/c1-2-17-37-32(12-1)13-10-21-42(37)48-30-47(34-15-9-14-33(28-34)36-16-11-27-51-31-36)52-49(53-48)35-25-26-41-40-20-5-8-24-45(40)50(46(41)29-35)43-22-6-3-18-38(43)39-19-4-7-23-44(39)50;1-2-12-30(13-3-1)43-28-44(32-15-10-14-31(26-32)34-16-11-25-47-29-34)49-45(48-43)33-23-24-38-37-19-6-9-22-41(37)46(42(38)27-33)39-20-7-4-17-35(39)36-18-5-8-21-40(36)46/h1-31H;1-29H. The minimum Gasteiger partial charge on any atom is -0.264 e. The fourth-order valence-corrected chi connectivity index (χ4v) is 17.0. The maximum Gasteiger partial charge on any atom is 0.160 e. The summed E-state index contributed by atoms with van der Waals surface area (Å²) in [6.45, 7) is 0. The minimum absolute atomic E-state index is 0.424. The summed E-state index contributed by atoms with van der Waals surface area (Å²) < 4.78 is 0. The van der Waals surface area contributed by atoms with Crippen molar-refractivity contribution in [2.24, 2.45) is 0 Å². The van der Waals surface area contributed by atoms with Gasteiger partial charge in [0.15, 0.2) is 11.6 Å². The summed E-state index contributed by atoms with van der Waals surface area (Å²) in [5.74, 6) is 1.40. The van der Waals surface area contributed by atoms with E-state index in [-0.39, 0.29) is 0 Å². The van der Waals surface area contributed by atoms with Gasteiger partial charge in [0, 0.05) is 69.3 Å². The second-order valence-electron chi connectivity index (χ2n) is 26.8. The summed E-state index contributed by atoms with van der Waals surface area (Å²) in [6.07, 6.45) is 7.42. The van der Waals surface area contributed by atoms with E-state index < -0.39 is 10.8 Å². The molecule has 6 heteroatoms. The number of rotatable bonds is 8. The van der Waals surface area contributed by atoms with Crippen molar-refractivity contribution < 1.29 is 0 Å². The van der Waals surface area contributed by atoms with Crippen LogP contribution in [-0.2, 0) is 10.8 Å². The Bertz CT molecular complexity index is 6090. The van der Waals surface area contributed by atoms with Crippen molar-refractivity contribution in [1.82, 2.24) is 29.9 Å². The smallest absolute Gasteiger partial charge is 0.160 e. The van der Waals surface area contributed by atoms with E-state index in [0.717, 1.165) is 83.8 Å². The fourth-order valence-electron chi connectivity index (χ4n) is 17.0. The normalized spacial score (nSPS) is 13.1. The lowest BCUT2D eigenvalue weighted by molar-refractivity contribution is 0.794. The zero-order chi connectivity index (χ0) is 67.3. The lowest BCUT2D eigenvalue weighted by atomic mass is 9.70. The molecular formula is C96H60N6.